The number of nitrogens with two attached hydrogens (primary N) is 1. The van der Waals surface area contributed by atoms with E-state index < -0.39 is 0 Å². The maximum Gasteiger partial charge on any atom is 0.255 e. The van der Waals surface area contributed by atoms with Gasteiger partial charge in [-0.3, -0.25) is 4.79 Å². The van der Waals surface area contributed by atoms with Crippen LogP contribution >= 0.6 is 22.9 Å². The molecule has 1 aromatic carbocycles. The lowest BCUT2D eigenvalue weighted by Crippen LogP contribution is -2.27. The first-order valence-electron chi connectivity index (χ1n) is 6.28. The molecule has 0 aliphatic carbocycles. The second-order valence-corrected chi connectivity index (χ2v) is 5.89. The van der Waals surface area contributed by atoms with Gasteiger partial charge in [0.05, 0.1) is 29.4 Å². The Balaban J connectivity index is 2.22. The van der Waals surface area contributed by atoms with E-state index in [0.29, 0.717) is 22.0 Å². The monoisotopic (exact) mass is 325 g/mol. The highest BCUT2D eigenvalue weighted by Gasteiger charge is 2.18. The number of hydrogen-bond acceptors (Lipinski definition) is 5. The van der Waals surface area contributed by atoms with Crippen molar-refractivity contribution in [2.45, 2.75) is 19.9 Å². The van der Waals surface area contributed by atoms with Crippen LogP contribution in [0, 0.1) is 6.92 Å². The van der Waals surface area contributed by atoms with Crippen LogP contribution in [-0.2, 0) is 0 Å². The van der Waals surface area contributed by atoms with Crippen LogP contribution in [0.4, 0.5) is 5.69 Å². The quantitative estimate of drug-likeness (QED) is 0.846. The Morgan fingerprint density at radius 2 is 2.24 bits per heavy atom. The molecule has 1 unspecified atom stereocenters. The lowest BCUT2D eigenvalue weighted by molar-refractivity contribution is 0.0937. The summed E-state index contributed by atoms with van der Waals surface area (Å²) in [6, 6.07) is 2.84. The molecule has 2 rings (SSSR count). The molecule has 1 heterocycles. The molecule has 0 aliphatic rings. The summed E-state index contributed by atoms with van der Waals surface area (Å²) in [6.45, 7) is 3.79. The van der Waals surface area contributed by atoms with Gasteiger partial charge in [-0.05, 0) is 19.9 Å². The van der Waals surface area contributed by atoms with Crippen molar-refractivity contribution >= 4 is 34.5 Å². The van der Waals surface area contributed by atoms with Gasteiger partial charge in [0, 0.05) is 17.1 Å². The number of carbonyl (C=O) groups is 1. The summed E-state index contributed by atoms with van der Waals surface area (Å²) in [4.78, 5) is 16.7. The van der Waals surface area contributed by atoms with Crippen molar-refractivity contribution in [3.8, 4) is 5.75 Å². The van der Waals surface area contributed by atoms with Crippen molar-refractivity contribution in [1.29, 1.82) is 0 Å². The minimum atomic E-state index is -0.283. The minimum Gasteiger partial charge on any atom is -0.496 e. The lowest BCUT2D eigenvalue weighted by atomic mass is 10.1. The number of aromatic nitrogens is 1. The van der Waals surface area contributed by atoms with Crippen molar-refractivity contribution in [2.75, 3.05) is 12.8 Å². The molecule has 1 atom stereocenters. The van der Waals surface area contributed by atoms with Gasteiger partial charge in [-0.1, -0.05) is 11.6 Å². The number of rotatable bonds is 4. The van der Waals surface area contributed by atoms with Gasteiger partial charge < -0.3 is 15.8 Å². The Bertz CT molecular complexity index is 672. The molecule has 0 saturated heterocycles. The van der Waals surface area contributed by atoms with E-state index in [1.807, 2.05) is 19.2 Å². The van der Waals surface area contributed by atoms with E-state index in [1.165, 1.54) is 30.6 Å². The van der Waals surface area contributed by atoms with Crippen molar-refractivity contribution in [3.63, 3.8) is 0 Å². The van der Waals surface area contributed by atoms with Crippen molar-refractivity contribution in [2.24, 2.45) is 0 Å². The van der Waals surface area contributed by atoms with Crippen molar-refractivity contribution in [1.82, 2.24) is 10.3 Å². The summed E-state index contributed by atoms with van der Waals surface area (Å²) in [6.07, 6.45) is 0. The molecule has 7 heteroatoms. The molecule has 0 spiro atoms. The molecule has 0 aliphatic heterocycles. The molecule has 21 heavy (non-hydrogen) atoms. The number of hydrogen-bond donors (Lipinski definition) is 2. The molecule has 3 N–H and O–H groups in total. The third-order valence-electron chi connectivity index (χ3n) is 2.92. The van der Waals surface area contributed by atoms with Crippen molar-refractivity contribution < 1.29 is 9.53 Å². The zero-order chi connectivity index (χ0) is 15.6. The van der Waals surface area contributed by atoms with Gasteiger partial charge in [0.2, 0.25) is 0 Å². The summed E-state index contributed by atoms with van der Waals surface area (Å²) in [5.41, 5.74) is 7.36. The Morgan fingerprint density at radius 1 is 1.52 bits per heavy atom. The Hall–Kier alpha value is -1.79. The first-order valence-corrected chi connectivity index (χ1v) is 7.54. The van der Waals surface area contributed by atoms with E-state index in [-0.39, 0.29) is 11.9 Å². The summed E-state index contributed by atoms with van der Waals surface area (Å²) >= 11 is 7.48. The standard InChI is InChI=1S/C14H16ClN3O2S/c1-7-6-21-14(17-7)8(2)18-13(19)9-4-10(15)11(16)5-12(9)20-3/h4-6,8H,16H2,1-3H3,(H,18,19). The number of amides is 1. The minimum absolute atomic E-state index is 0.197. The molecular weight excluding hydrogens is 310 g/mol. The Morgan fingerprint density at radius 3 is 2.81 bits per heavy atom. The zero-order valence-electron chi connectivity index (χ0n) is 11.9. The number of aryl methyl sites for hydroxylation is 1. The number of nitrogen functional groups attached to an aromatic ring is 1. The van der Waals surface area contributed by atoms with E-state index in [1.54, 1.807) is 0 Å². The van der Waals surface area contributed by atoms with Gasteiger partial charge >= 0.3 is 0 Å². The second-order valence-electron chi connectivity index (χ2n) is 4.60. The number of nitrogens with zero attached hydrogens (tertiary/aromatic N) is 1. The Kier molecular flexibility index (Phi) is 4.69. The first kappa shape index (κ1) is 15.6. The smallest absolute Gasteiger partial charge is 0.255 e. The van der Waals surface area contributed by atoms with Crippen LogP contribution in [-0.4, -0.2) is 18.0 Å². The number of thiazole rings is 1. The molecule has 1 aromatic heterocycles. The predicted molar refractivity (Wildman–Crippen MR) is 85.1 cm³/mol. The highest BCUT2D eigenvalue weighted by atomic mass is 35.5. The summed E-state index contributed by atoms with van der Waals surface area (Å²) in [5.74, 6) is 0.103. The lowest BCUT2D eigenvalue weighted by Gasteiger charge is -2.14. The van der Waals surface area contributed by atoms with Gasteiger partial charge in [-0.2, -0.15) is 0 Å². The van der Waals surface area contributed by atoms with Gasteiger partial charge in [0.15, 0.2) is 0 Å². The Labute approximate surface area is 132 Å². The second kappa shape index (κ2) is 6.32. The fraction of sp³-hybridized carbons (Fsp3) is 0.286. The molecule has 0 radical (unpaired) electrons. The van der Waals surface area contributed by atoms with Crippen LogP contribution in [0.1, 0.15) is 34.0 Å². The van der Waals surface area contributed by atoms with E-state index in [9.17, 15) is 4.79 Å². The number of ether oxygens (including phenoxy) is 1. The van der Waals surface area contributed by atoms with E-state index in [4.69, 9.17) is 22.1 Å². The number of benzene rings is 1. The fourth-order valence-corrected chi connectivity index (χ4v) is 2.79. The van der Waals surface area contributed by atoms with E-state index >= 15 is 0 Å². The highest BCUT2D eigenvalue weighted by Crippen LogP contribution is 2.29. The van der Waals surface area contributed by atoms with E-state index in [0.717, 1.165) is 10.7 Å². The molecule has 2 aromatic rings. The fourth-order valence-electron chi connectivity index (χ4n) is 1.82. The van der Waals surface area contributed by atoms with Crippen LogP contribution in [0.25, 0.3) is 0 Å². The van der Waals surface area contributed by atoms with Gasteiger partial charge in [0.25, 0.3) is 5.91 Å². The normalized spacial score (nSPS) is 12.0. The van der Waals surface area contributed by atoms with Crippen LogP contribution in [0.15, 0.2) is 17.5 Å². The third kappa shape index (κ3) is 3.46. The van der Waals surface area contributed by atoms with Crippen LogP contribution in [0.3, 0.4) is 0 Å². The van der Waals surface area contributed by atoms with E-state index in [2.05, 4.69) is 10.3 Å². The summed E-state index contributed by atoms with van der Waals surface area (Å²) in [7, 11) is 1.48. The molecular formula is C14H16ClN3O2S. The molecule has 112 valence electrons. The summed E-state index contributed by atoms with van der Waals surface area (Å²) < 4.78 is 5.18. The highest BCUT2D eigenvalue weighted by molar-refractivity contribution is 7.09. The first-order chi connectivity index (χ1) is 9.92. The third-order valence-corrected chi connectivity index (χ3v) is 4.39. The molecule has 1 amide bonds. The number of methoxy groups -OCH3 is 1. The number of halogens is 1. The average Bonchev–Trinajstić information content (AvgIpc) is 2.88. The SMILES string of the molecule is COc1cc(N)c(Cl)cc1C(=O)NC(C)c1nc(C)cs1. The average molecular weight is 326 g/mol. The molecule has 5 nitrogen and oxygen atoms in total. The van der Waals surface area contributed by atoms with Gasteiger partial charge in [-0.15, -0.1) is 11.3 Å². The van der Waals surface area contributed by atoms with Crippen LogP contribution < -0.4 is 15.8 Å². The zero-order valence-corrected chi connectivity index (χ0v) is 13.5. The number of carbonyl (C=O) groups excluding carboxylic acids is 1. The summed E-state index contributed by atoms with van der Waals surface area (Å²) in [5, 5.41) is 5.99. The maximum atomic E-state index is 12.4. The maximum absolute atomic E-state index is 12.4. The molecule has 0 saturated carbocycles. The van der Waals surface area contributed by atoms with Gasteiger partial charge in [-0.25, -0.2) is 4.98 Å². The van der Waals surface area contributed by atoms with Crippen LogP contribution in [0.2, 0.25) is 5.02 Å². The topological polar surface area (TPSA) is 77.2 Å². The van der Waals surface area contributed by atoms with Crippen molar-refractivity contribution in [3.05, 3.63) is 38.8 Å². The largest absolute Gasteiger partial charge is 0.496 e. The van der Waals surface area contributed by atoms with Gasteiger partial charge in [0.1, 0.15) is 10.8 Å². The number of nitrogens with one attached hydrogen (secondary N) is 1. The molecule has 0 fully saturated rings. The van der Waals surface area contributed by atoms with Crippen LogP contribution in [0.5, 0.6) is 5.75 Å². The predicted octanol–water partition coefficient (Wildman–Crippen LogP) is 3.19. The molecule has 0 bridgehead atoms. The number of anilines is 1.